The van der Waals surface area contributed by atoms with Crippen molar-refractivity contribution >= 4 is 12.0 Å². The first-order valence-electron chi connectivity index (χ1n) is 7.25. The molecule has 2 N–H and O–H groups in total. The monoisotopic (exact) mass is 292 g/mol. The number of carbonyl (C=O) groups is 2. The number of rotatable bonds is 8. The van der Waals surface area contributed by atoms with E-state index in [9.17, 15) is 9.59 Å². The number of nitrogens with zero attached hydrogens (tertiary/aromatic N) is 1. The van der Waals surface area contributed by atoms with Gasteiger partial charge in [0.05, 0.1) is 0 Å². The zero-order chi connectivity index (χ0) is 15.7. The van der Waals surface area contributed by atoms with Crippen LogP contribution in [0.4, 0.5) is 4.79 Å². The standard InChI is InChI=1S/C16H24N2O3/c1-13-7-6-8-14(11-13)12-18(2)16(21)17-10-5-3-4-9-15(19)20/h6-8,11H,3-5,9-10,12H2,1-2H3,(H,17,21)(H,19,20). The largest absolute Gasteiger partial charge is 0.481 e. The summed E-state index contributed by atoms with van der Waals surface area (Å²) in [7, 11) is 1.77. The van der Waals surface area contributed by atoms with Crippen LogP contribution >= 0.6 is 0 Å². The third kappa shape index (κ3) is 7.34. The SMILES string of the molecule is Cc1cccc(CN(C)C(=O)NCCCCCC(=O)O)c1. The van der Waals surface area contributed by atoms with Crippen LogP contribution in [-0.2, 0) is 11.3 Å². The molecule has 0 fully saturated rings. The summed E-state index contributed by atoms with van der Waals surface area (Å²) in [6.45, 7) is 3.18. The maximum Gasteiger partial charge on any atom is 0.317 e. The Balaban J connectivity index is 2.21. The Kier molecular flexibility index (Phi) is 7.29. The van der Waals surface area contributed by atoms with Gasteiger partial charge in [-0.3, -0.25) is 4.79 Å². The molecule has 0 bridgehead atoms. The molecule has 0 aliphatic rings. The number of hydrogen-bond donors (Lipinski definition) is 2. The van der Waals surface area contributed by atoms with E-state index in [0.29, 0.717) is 19.5 Å². The molecule has 5 nitrogen and oxygen atoms in total. The maximum atomic E-state index is 11.9. The summed E-state index contributed by atoms with van der Waals surface area (Å²) in [5.74, 6) is -0.767. The summed E-state index contributed by atoms with van der Waals surface area (Å²) in [5, 5.41) is 11.4. The van der Waals surface area contributed by atoms with E-state index in [-0.39, 0.29) is 12.5 Å². The van der Waals surface area contributed by atoms with Crippen LogP contribution in [0.25, 0.3) is 0 Å². The Hall–Kier alpha value is -2.04. The summed E-state index contributed by atoms with van der Waals surface area (Å²) in [6, 6.07) is 7.98. The van der Waals surface area contributed by atoms with Gasteiger partial charge in [-0.25, -0.2) is 4.79 Å². The first-order chi connectivity index (χ1) is 9.99. The van der Waals surface area contributed by atoms with E-state index in [2.05, 4.69) is 11.4 Å². The summed E-state index contributed by atoms with van der Waals surface area (Å²) < 4.78 is 0. The van der Waals surface area contributed by atoms with Gasteiger partial charge in [-0.2, -0.15) is 0 Å². The highest BCUT2D eigenvalue weighted by Crippen LogP contribution is 2.06. The average Bonchev–Trinajstić information content (AvgIpc) is 2.42. The molecule has 1 rings (SSSR count). The third-order valence-corrected chi connectivity index (χ3v) is 3.19. The second-order valence-electron chi connectivity index (χ2n) is 5.28. The molecule has 116 valence electrons. The number of carboxylic acids is 1. The maximum absolute atomic E-state index is 11.9. The van der Waals surface area contributed by atoms with E-state index in [1.165, 1.54) is 5.56 Å². The normalized spacial score (nSPS) is 10.2. The van der Waals surface area contributed by atoms with Crippen molar-refractivity contribution in [3.63, 3.8) is 0 Å². The van der Waals surface area contributed by atoms with Crippen molar-refractivity contribution in [1.82, 2.24) is 10.2 Å². The van der Waals surface area contributed by atoms with Crippen molar-refractivity contribution in [2.75, 3.05) is 13.6 Å². The van der Waals surface area contributed by atoms with Crippen molar-refractivity contribution in [3.05, 3.63) is 35.4 Å². The molecule has 0 unspecified atom stereocenters. The van der Waals surface area contributed by atoms with Gasteiger partial charge in [-0.15, -0.1) is 0 Å². The summed E-state index contributed by atoms with van der Waals surface area (Å²) in [5.41, 5.74) is 2.29. The van der Waals surface area contributed by atoms with Crippen LogP contribution in [0.2, 0.25) is 0 Å². The second-order valence-corrected chi connectivity index (χ2v) is 5.28. The molecule has 0 saturated heterocycles. The van der Waals surface area contributed by atoms with Gasteiger partial charge in [-0.05, 0) is 25.3 Å². The second kappa shape index (κ2) is 9.00. The van der Waals surface area contributed by atoms with Crippen LogP contribution < -0.4 is 5.32 Å². The molecule has 5 heteroatoms. The molecule has 0 atom stereocenters. The number of nitrogens with one attached hydrogen (secondary N) is 1. The van der Waals surface area contributed by atoms with Crippen LogP contribution in [-0.4, -0.2) is 35.6 Å². The van der Waals surface area contributed by atoms with Crippen LogP contribution in [0, 0.1) is 6.92 Å². The zero-order valence-corrected chi connectivity index (χ0v) is 12.8. The van der Waals surface area contributed by atoms with E-state index in [1.54, 1.807) is 11.9 Å². The number of benzene rings is 1. The van der Waals surface area contributed by atoms with E-state index in [0.717, 1.165) is 18.4 Å². The Bertz CT molecular complexity index is 474. The highest BCUT2D eigenvalue weighted by molar-refractivity contribution is 5.73. The molecule has 0 spiro atoms. The molecular formula is C16H24N2O3. The first kappa shape index (κ1) is 17.0. The number of hydrogen-bond acceptors (Lipinski definition) is 2. The number of unbranched alkanes of at least 4 members (excludes halogenated alkanes) is 2. The van der Waals surface area contributed by atoms with Gasteiger partial charge in [-0.1, -0.05) is 36.2 Å². The number of aliphatic carboxylic acids is 1. The van der Waals surface area contributed by atoms with Gasteiger partial charge in [0.1, 0.15) is 0 Å². The van der Waals surface area contributed by atoms with Crippen LogP contribution in [0.15, 0.2) is 24.3 Å². The smallest absolute Gasteiger partial charge is 0.317 e. The number of carboxylic acid groups (broad SMARTS) is 1. The molecule has 0 aliphatic heterocycles. The Morgan fingerprint density at radius 2 is 2.00 bits per heavy atom. The summed E-state index contributed by atoms with van der Waals surface area (Å²) >= 11 is 0. The summed E-state index contributed by atoms with van der Waals surface area (Å²) in [6.07, 6.45) is 2.47. The molecule has 2 amide bonds. The van der Waals surface area contributed by atoms with E-state index >= 15 is 0 Å². The molecule has 1 aromatic rings. The predicted molar refractivity (Wildman–Crippen MR) is 82.1 cm³/mol. The highest BCUT2D eigenvalue weighted by Gasteiger charge is 2.08. The van der Waals surface area contributed by atoms with Gasteiger partial charge >= 0.3 is 12.0 Å². The minimum atomic E-state index is -0.767. The van der Waals surface area contributed by atoms with Crippen LogP contribution in [0.3, 0.4) is 0 Å². The van der Waals surface area contributed by atoms with Crippen molar-refractivity contribution < 1.29 is 14.7 Å². The van der Waals surface area contributed by atoms with Gasteiger partial charge in [0.25, 0.3) is 0 Å². The van der Waals surface area contributed by atoms with Crippen molar-refractivity contribution in [1.29, 1.82) is 0 Å². The molecule has 0 heterocycles. The fourth-order valence-corrected chi connectivity index (χ4v) is 2.06. The van der Waals surface area contributed by atoms with E-state index in [4.69, 9.17) is 5.11 Å². The number of aryl methyl sites for hydroxylation is 1. The Morgan fingerprint density at radius 1 is 1.24 bits per heavy atom. The van der Waals surface area contributed by atoms with Crippen LogP contribution in [0.5, 0.6) is 0 Å². The van der Waals surface area contributed by atoms with Gasteiger partial charge in [0.2, 0.25) is 0 Å². The van der Waals surface area contributed by atoms with E-state index in [1.807, 2.05) is 25.1 Å². The Labute approximate surface area is 126 Å². The highest BCUT2D eigenvalue weighted by atomic mass is 16.4. The molecule has 1 aromatic carbocycles. The minimum absolute atomic E-state index is 0.102. The lowest BCUT2D eigenvalue weighted by Gasteiger charge is -2.18. The number of urea groups is 1. The van der Waals surface area contributed by atoms with Crippen molar-refractivity contribution in [2.24, 2.45) is 0 Å². The lowest BCUT2D eigenvalue weighted by molar-refractivity contribution is -0.137. The van der Waals surface area contributed by atoms with Crippen molar-refractivity contribution in [3.8, 4) is 0 Å². The molecule has 0 aliphatic carbocycles. The number of amides is 2. The fourth-order valence-electron chi connectivity index (χ4n) is 2.06. The molecule has 0 radical (unpaired) electrons. The lowest BCUT2D eigenvalue weighted by atomic mass is 10.1. The third-order valence-electron chi connectivity index (χ3n) is 3.19. The average molecular weight is 292 g/mol. The molecule has 21 heavy (non-hydrogen) atoms. The van der Waals surface area contributed by atoms with E-state index < -0.39 is 5.97 Å². The topological polar surface area (TPSA) is 69.6 Å². The lowest BCUT2D eigenvalue weighted by Crippen LogP contribution is -2.37. The first-order valence-corrected chi connectivity index (χ1v) is 7.25. The van der Waals surface area contributed by atoms with Gasteiger partial charge in [0.15, 0.2) is 0 Å². The van der Waals surface area contributed by atoms with Crippen LogP contribution in [0.1, 0.15) is 36.8 Å². The Morgan fingerprint density at radius 3 is 2.67 bits per heavy atom. The zero-order valence-electron chi connectivity index (χ0n) is 12.8. The fraction of sp³-hybridized carbons (Fsp3) is 0.500. The molecular weight excluding hydrogens is 268 g/mol. The number of carbonyl (C=O) groups excluding carboxylic acids is 1. The molecule has 0 saturated carbocycles. The minimum Gasteiger partial charge on any atom is -0.481 e. The molecule has 0 aromatic heterocycles. The predicted octanol–water partition coefficient (Wildman–Crippen LogP) is 2.78. The summed E-state index contributed by atoms with van der Waals surface area (Å²) in [4.78, 5) is 23.9. The van der Waals surface area contributed by atoms with Gasteiger partial charge in [0, 0.05) is 26.6 Å². The quantitative estimate of drug-likeness (QED) is 0.724. The van der Waals surface area contributed by atoms with Crippen molar-refractivity contribution in [2.45, 2.75) is 39.2 Å². The van der Waals surface area contributed by atoms with Gasteiger partial charge < -0.3 is 15.3 Å².